The molecule has 0 amide bonds. The van der Waals surface area contributed by atoms with E-state index in [1.807, 2.05) is 6.92 Å². The molecule has 0 radical (unpaired) electrons. The van der Waals surface area contributed by atoms with Gasteiger partial charge in [0.2, 0.25) is 0 Å². The molecule has 15 heavy (non-hydrogen) atoms. The second-order valence-electron chi connectivity index (χ2n) is 3.12. The summed E-state index contributed by atoms with van der Waals surface area (Å²) >= 11 is 0. The van der Waals surface area contributed by atoms with Crippen LogP contribution < -0.4 is 0 Å². The van der Waals surface area contributed by atoms with Crippen LogP contribution in [-0.4, -0.2) is 11.3 Å². The van der Waals surface area contributed by atoms with Crippen LogP contribution in [0, 0.1) is 0 Å². The first-order valence-electron chi connectivity index (χ1n) is 4.65. The van der Waals surface area contributed by atoms with Gasteiger partial charge in [-0.05, 0) is 25.0 Å². The third kappa shape index (κ3) is 4.72. The summed E-state index contributed by atoms with van der Waals surface area (Å²) in [5, 5.41) is 9.33. The fourth-order valence-corrected chi connectivity index (χ4v) is 1.01. The maximum Gasteiger partial charge on any atom is 0.416 e. The van der Waals surface area contributed by atoms with Gasteiger partial charge in [-0.3, -0.25) is 0 Å². The van der Waals surface area contributed by atoms with Crippen LogP contribution in [0.5, 0.6) is 0 Å². The van der Waals surface area contributed by atoms with Gasteiger partial charge in [-0.25, -0.2) is 0 Å². The largest absolute Gasteiger partial charge is 0.508 e. The van der Waals surface area contributed by atoms with Crippen LogP contribution in [0.3, 0.4) is 0 Å². The van der Waals surface area contributed by atoms with Crippen molar-refractivity contribution < 1.29 is 18.3 Å². The fraction of sp³-hybridized carbons (Fsp3) is 0.455. The van der Waals surface area contributed by atoms with Crippen LogP contribution in [0.15, 0.2) is 35.6 Å². The molecule has 0 aliphatic heterocycles. The van der Waals surface area contributed by atoms with Crippen molar-refractivity contribution >= 4 is 0 Å². The lowest BCUT2D eigenvalue weighted by Crippen LogP contribution is -2.10. The van der Waals surface area contributed by atoms with E-state index in [0.717, 1.165) is 12.5 Å². The summed E-state index contributed by atoms with van der Waals surface area (Å²) in [5.41, 5.74) is -0.543. The van der Waals surface area contributed by atoms with E-state index in [9.17, 15) is 18.3 Å². The van der Waals surface area contributed by atoms with Crippen molar-refractivity contribution in [1.82, 2.24) is 0 Å². The number of aliphatic hydroxyl groups is 1. The van der Waals surface area contributed by atoms with Crippen molar-refractivity contribution in [3.05, 3.63) is 35.6 Å². The fourth-order valence-electron chi connectivity index (χ4n) is 1.01. The Bertz CT molecular complexity index is 285. The zero-order valence-electron chi connectivity index (χ0n) is 8.86. The average molecular weight is 220 g/mol. The van der Waals surface area contributed by atoms with Gasteiger partial charge in [0.1, 0.15) is 5.76 Å². The zero-order valence-corrected chi connectivity index (χ0v) is 8.86. The summed E-state index contributed by atoms with van der Waals surface area (Å²) in [7, 11) is 0. The number of allylic oxidation sites excluding steroid dienone is 4. The van der Waals surface area contributed by atoms with Crippen LogP contribution in [0.2, 0.25) is 0 Å². The van der Waals surface area contributed by atoms with Gasteiger partial charge < -0.3 is 5.11 Å². The molecule has 0 aliphatic carbocycles. The molecule has 0 saturated heterocycles. The van der Waals surface area contributed by atoms with Gasteiger partial charge in [-0.2, -0.15) is 13.2 Å². The molecule has 0 heterocycles. The van der Waals surface area contributed by atoms with Gasteiger partial charge in [0, 0.05) is 0 Å². The molecule has 1 nitrogen and oxygen atoms in total. The molecule has 0 bridgehead atoms. The molecule has 0 atom stereocenters. The Morgan fingerprint density at radius 2 is 1.93 bits per heavy atom. The van der Waals surface area contributed by atoms with E-state index in [1.165, 1.54) is 6.92 Å². The second-order valence-corrected chi connectivity index (χ2v) is 3.12. The molecule has 0 aliphatic rings. The Kier molecular flexibility index (Phi) is 5.19. The normalized spacial score (nSPS) is 14.2. The highest BCUT2D eigenvalue weighted by Gasteiger charge is 2.31. The van der Waals surface area contributed by atoms with Crippen LogP contribution in [0.25, 0.3) is 0 Å². The first-order chi connectivity index (χ1) is 6.82. The SMILES string of the molecule is C=C(CCC)/C(O)=C\C(=C/C)C(F)(F)F. The molecule has 0 saturated carbocycles. The molecule has 0 aromatic rings. The summed E-state index contributed by atoms with van der Waals surface area (Å²) in [6, 6.07) is 0. The van der Waals surface area contributed by atoms with Crippen molar-refractivity contribution in [1.29, 1.82) is 0 Å². The van der Waals surface area contributed by atoms with Gasteiger partial charge in [0.25, 0.3) is 0 Å². The predicted molar refractivity (Wildman–Crippen MR) is 54.6 cm³/mol. The number of alkyl halides is 3. The monoisotopic (exact) mass is 220 g/mol. The Morgan fingerprint density at radius 3 is 2.27 bits per heavy atom. The molecule has 0 spiro atoms. The number of rotatable bonds is 4. The van der Waals surface area contributed by atoms with Crippen molar-refractivity contribution in [2.45, 2.75) is 32.9 Å². The minimum Gasteiger partial charge on any atom is -0.508 e. The van der Waals surface area contributed by atoms with E-state index in [-0.39, 0.29) is 0 Å². The summed E-state index contributed by atoms with van der Waals surface area (Å²) in [5.74, 6) is -0.401. The summed E-state index contributed by atoms with van der Waals surface area (Å²) in [6.07, 6.45) is -1.60. The van der Waals surface area contributed by atoms with Crippen molar-refractivity contribution in [2.24, 2.45) is 0 Å². The highest BCUT2D eigenvalue weighted by atomic mass is 19.4. The summed E-state index contributed by atoms with van der Waals surface area (Å²) in [6.45, 7) is 6.63. The first-order valence-corrected chi connectivity index (χ1v) is 4.65. The second kappa shape index (κ2) is 5.63. The molecule has 0 unspecified atom stereocenters. The molecule has 1 N–H and O–H groups in total. The number of hydrogen-bond donors (Lipinski definition) is 1. The number of halogens is 3. The first kappa shape index (κ1) is 13.8. The Labute approximate surface area is 87.6 Å². The Morgan fingerprint density at radius 1 is 1.40 bits per heavy atom. The highest BCUT2D eigenvalue weighted by Crippen LogP contribution is 2.28. The Balaban J connectivity index is 4.81. The van der Waals surface area contributed by atoms with E-state index < -0.39 is 17.5 Å². The van der Waals surface area contributed by atoms with Crippen LogP contribution in [-0.2, 0) is 0 Å². The molecule has 0 rings (SSSR count). The summed E-state index contributed by atoms with van der Waals surface area (Å²) < 4.78 is 36.8. The van der Waals surface area contributed by atoms with Gasteiger partial charge in [-0.1, -0.05) is 26.0 Å². The minimum atomic E-state index is -4.44. The molecule has 4 heteroatoms. The highest BCUT2D eigenvalue weighted by molar-refractivity contribution is 5.33. The topological polar surface area (TPSA) is 20.2 Å². The van der Waals surface area contributed by atoms with Gasteiger partial charge >= 0.3 is 6.18 Å². The van der Waals surface area contributed by atoms with Gasteiger partial charge in [-0.15, -0.1) is 0 Å². The van der Waals surface area contributed by atoms with Crippen LogP contribution >= 0.6 is 0 Å². The zero-order chi connectivity index (χ0) is 12.1. The minimum absolute atomic E-state index is 0.320. The van der Waals surface area contributed by atoms with Gasteiger partial charge in [0.05, 0.1) is 5.57 Å². The quantitative estimate of drug-likeness (QED) is 0.553. The molecular formula is C11H15F3O. The maximum absolute atomic E-state index is 12.3. The molecule has 0 aromatic heterocycles. The van der Waals surface area contributed by atoms with Crippen molar-refractivity contribution in [3.63, 3.8) is 0 Å². The predicted octanol–water partition coefficient (Wildman–Crippen LogP) is 4.29. The lowest BCUT2D eigenvalue weighted by molar-refractivity contribution is -0.0885. The molecule has 86 valence electrons. The lowest BCUT2D eigenvalue weighted by Gasteiger charge is -2.09. The standard InChI is InChI=1S/C11H15F3O/c1-4-6-8(3)10(15)7-9(5-2)11(12,13)14/h5,7,15H,3-4,6H2,1-2H3/b9-5+,10-7+. The third-order valence-electron chi connectivity index (χ3n) is 1.84. The van der Waals surface area contributed by atoms with Crippen molar-refractivity contribution in [3.8, 4) is 0 Å². The average Bonchev–Trinajstić information content (AvgIpc) is 2.12. The lowest BCUT2D eigenvalue weighted by atomic mass is 10.1. The van der Waals surface area contributed by atoms with Crippen LogP contribution in [0.1, 0.15) is 26.7 Å². The van der Waals surface area contributed by atoms with E-state index >= 15 is 0 Å². The van der Waals surface area contributed by atoms with Gasteiger partial charge in [0.15, 0.2) is 0 Å². The van der Waals surface area contributed by atoms with Crippen LogP contribution in [0.4, 0.5) is 13.2 Å². The summed E-state index contributed by atoms with van der Waals surface area (Å²) in [4.78, 5) is 0. The van der Waals surface area contributed by atoms with E-state index in [1.54, 1.807) is 0 Å². The molecule has 0 fully saturated rings. The van der Waals surface area contributed by atoms with Crippen molar-refractivity contribution in [2.75, 3.05) is 0 Å². The Hall–Kier alpha value is -1.19. The molecular weight excluding hydrogens is 205 g/mol. The molecule has 0 aromatic carbocycles. The smallest absolute Gasteiger partial charge is 0.416 e. The number of aliphatic hydroxyl groups excluding tert-OH is 1. The number of hydrogen-bond acceptors (Lipinski definition) is 1. The van der Waals surface area contributed by atoms with E-state index in [0.29, 0.717) is 18.1 Å². The third-order valence-corrected chi connectivity index (χ3v) is 1.84. The van der Waals surface area contributed by atoms with E-state index in [4.69, 9.17) is 0 Å². The maximum atomic E-state index is 12.3. The van der Waals surface area contributed by atoms with E-state index in [2.05, 4.69) is 6.58 Å².